The number of non-ortho nitro benzene ring substituents is 1. The Kier molecular flexibility index (Phi) is 4.62. The van der Waals surface area contributed by atoms with E-state index in [1.165, 1.54) is 24.3 Å². The van der Waals surface area contributed by atoms with Crippen molar-refractivity contribution in [1.82, 2.24) is 0 Å². The zero-order chi connectivity index (χ0) is 12.8. The molecule has 0 heterocycles. The van der Waals surface area contributed by atoms with Crippen molar-refractivity contribution in [3.8, 4) is 0 Å². The molecule has 1 aromatic carbocycles. The van der Waals surface area contributed by atoms with Gasteiger partial charge in [-0.05, 0) is 5.56 Å². The van der Waals surface area contributed by atoms with E-state index in [9.17, 15) is 23.3 Å². The van der Waals surface area contributed by atoms with Crippen LogP contribution in [0.15, 0.2) is 29.3 Å². The minimum Gasteiger partial charge on any atom is -0.290 e. The summed E-state index contributed by atoms with van der Waals surface area (Å²) in [6.07, 6.45) is -4.94. The van der Waals surface area contributed by atoms with E-state index in [2.05, 4.69) is 4.99 Å². The Balaban J connectivity index is 2.55. The van der Waals surface area contributed by atoms with Crippen LogP contribution in [0.25, 0.3) is 0 Å². The van der Waals surface area contributed by atoms with Gasteiger partial charge in [-0.25, -0.2) is 13.2 Å². The Morgan fingerprint density at radius 3 is 2.35 bits per heavy atom. The fraction of sp³-hybridized carbons (Fsp3) is 0.300. The predicted octanol–water partition coefficient (Wildman–Crippen LogP) is 2.77. The first-order valence-corrected chi connectivity index (χ1v) is 4.66. The van der Waals surface area contributed by atoms with Gasteiger partial charge in [0.25, 0.3) is 12.1 Å². The first kappa shape index (κ1) is 13.1. The quantitative estimate of drug-likeness (QED) is 0.455. The van der Waals surface area contributed by atoms with Crippen LogP contribution < -0.4 is 0 Å². The van der Waals surface area contributed by atoms with Crippen LogP contribution >= 0.6 is 0 Å². The molecule has 0 saturated carbocycles. The van der Waals surface area contributed by atoms with Crippen LogP contribution in [0.1, 0.15) is 5.56 Å². The second kappa shape index (κ2) is 5.97. The van der Waals surface area contributed by atoms with Crippen molar-refractivity contribution >= 4 is 11.9 Å². The Labute approximate surface area is 94.9 Å². The average molecular weight is 246 g/mol. The van der Waals surface area contributed by atoms with Crippen molar-refractivity contribution in [2.45, 2.75) is 19.1 Å². The number of hydrogen-bond donors (Lipinski definition) is 0. The molecule has 0 spiro atoms. The minimum atomic E-state index is -3.09. The molecule has 1 aromatic rings. The lowest BCUT2D eigenvalue weighted by Gasteiger charge is -1.99. The maximum absolute atomic E-state index is 12.4. The number of rotatable bonds is 5. The highest BCUT2D eigenvalue weighted by Gasteiger charge is 2.15. The zero-order valence-corrected chi connectivity index (χ0v) is 8.59. The summed E-state index contributed by atoms with van der Waals surface area (Å²) >= 11 is 0. The number of aliphatic imine (C=N–C) groups is 1. The van der Waals surface area contributed by atoms with Gasteiger partial charge in [0, 0.05) is 18.3 Å². The molecule has 0 aromatic heterocycles. The van der Waals surface area contributed by atoms with Crippen LogP contribution in [0.5, 0.6) is 0 Å². The lowest BCUT2D eigenvalue weighted by atomic mass is 10.2. The largest absolute Gasteiger partial charge is 0.290 e. The molecule has 0 saturated heterocycles. The van der Waals surface area contributed by atoms with Gasteiger partial charge in [-0.15, -0.1) is 0 Å². The third-order valence-corrected chi connectivity index (χ3v) is 1.91. The Morgan fingerprint density at radius 2 is 1.88 bits per heavy atom. The van der Waals surface area contributed by atoms with Gasteiger partial charge in [0.2, 0.25) is 0 Å². The molecular weight excluding hydrogens is 237 g/mol. The third-order valence-electron chi connectivity index (χ3n) is 1.91. The van der Waals surface area contributed by atoms with E-state index in [0.717, 1.165) is 0 Å². The molecule has 0 amide bonds. The lowest BCUT2D eigenvalue weighted by molar-refractivity contribution is -0.384. The van der Waals surface area contributed by atoms with Crippen molar-refractivity contribution < 1.29 is 18.1 Å². The number of alkyl halides is 3. The SMILES string of the molecule is O=[N+]([O-])c1ccc(CN=CC(F)C(F)F)cc1. The van der Waals surface area contributed by atoms with E-state index in [1.54, 1.807) is 0 Å². The van der Waals surface area contributed by atoms with Crippen molar-refractivity contribution in [1.29, 1.82) is 0 Å². The van der Waals surface area contributed by atoms with E-state index in [0.29, 0.717) is 11.8 Å². The third kappa shape index (κ3) is 4.21. The predicted molar refractivity (Wildman–Crippen MR) is 56.2 cm³/mol. The Morgan fingerprint density at radius 1 is 1.29 bits per heavy atom. The molecular formula is C10H9F3N2O2. The van der Waals surface area contributed by atoms with Gasteiger partial charge in [0.15, 0.2) is 6.17 Å². The number of hydrogen-bond acceptors (Lipinski definition) is 3. The summed E-state index contributed by atoms with van der Waals surface area (Å²) in [4.78, 5) is 13.3. The molecule has 0 N–H and O–H groups in total. The summed E-state index contributed by atoms with van der Waals surface area (Å²) in [6, 6.07) is 5.41. The fourth-order valence-electron chi connectivity index (χ4n) is 1.05. The van der Waals surface area contributed by atoms with Gasteiger partial charge in [-0.1, -0.05) is 12.1 Å². The second-order valence-corrected chi connectivity index (χ2v) is 3.19. The molecule has 1 rings (SSSR count). The highest BCUT2D eigenvalue weighted by molar-refractivity contribution is 5.63. The molecule has 0 fully saturated rings. The van der Waals surface area contributed by atoms with E-state index in [4.69, 9.17) is 0 Å². The van der Waals surface area contributed by atoms with Gasteiger partial charge >= 0.3 is 0 Å². The first-order chi connectivity index (χ1) is 8.00. The average Bonchev–Trinajstić information content (AvgIpc) is 2.29. The van der Waals surface area contributed by atoms with Crippen LogP contribution in [-0.4, -0.2) is 23.7 Å². The zero-order valence-electron chi connectivity index (χ0n) is 8.59. The van der Waals surface area contributed by atoms with Gasteiger partial charge in [-0.3, -0.25) is 15.1 Å². The highest BCUT2D eigenvalue weighted by Crippen LogP contribution is 2.12. The van der Waals surface area contributed by atoms with Crippen molar-refractivity contribution in [2.24, 2.45) is 4.99 Å². The molecule has 0 bridgehead atoms. The van der Waals surface area contributed by atoms with Crippen molar-refractivity contribution in [3.63, 3.8) is 0 Å². The minimum absolute atomic E-state index is 0.00509. The van der Waals surface area contributed by atoms with E-state index >= 15 is 0 Å². The number of nitro groups is 1. The molecule has 7 heteroatoms. The standard InChI is InChI=1S/C10H9F3N2O2/c11-9(10(12)13)6-14-5-7-1-3-8(4-2-7)15(16)17/h1-4,6,9-10H,5H2. The number of nitrogens with zero attached hydrogens (tertiary/aromatic N) is 2. The fourth-order valence-corrected chi connectivity index (χ4v) is 1.05. The number of halogens is 3. The molecule has 0 aliphatic heterocycles. The number of nitro benzene ring substituents is 1. The van der Waals surface area contributed by atoms with Crippen LogP contribution in [-0.2, 0) is 6.54 Å². The highest BCUT2D eigenvalue weighted by atomic mass is 19.3. The van der Waals surface area contributed by atoms with Crippen molar-refractivity contribution in [2.75, 3.05) is 0 Å². The van der Waals surface area contributed by atoms with Gasteiger partial charge < -0.3 is 0 Å². The summed E-state index contributed by atoms with van der Waals surface area (Å²) < 4.78 is 35.9. The number of benzene rings is 1. The maximum Gasteiger partial charge on any atom is 0.274 e. The summed E-state index contributed by atoms with van der Waals surface area (Å²) in [7, 11) is 0. The molecule has 0 aliphatic rings. The molecule has 4 nitrogen and oxygen atoms in total. The molecule has 92 valence electrons. The van der Waals surface area contributed by atoms with Gasteiger partial charge in [0.05, 0.1) is 11.5 Å². The summed E-state index contributed by atoms with van der Waals surface area (Å²) in [5.41, 5.74) is 0.502. The molecule has 0 radical (unpaired) electrons. The van der Waals surface area contributed by atoms with Crippen molar-refractivity contribution in [3.05, 3.63) is 39.9 Å². The van der Waals surface area contributed by atoms with Crippen LogP contribution in [0.2, 0.25) is 0 Å². The molecule has 1 unspecified atom stereocenters. The summed E-state index contributed by atoms with van der Waals surface area (Å²) in [5, 5.41) is 10.3. The molecule has 1 atom stereocenters. The topological polar surface area (TPSA) is 55.5 Å². The van der Waals surface area contributed by atoms with Gasteiger partial charge in [0.1, 0.15) is 0 Å². The van der Waals surface area contributed by atoms with Gasteiger partial charge in [-0.2, -0.15) is 0 Å². The van der Waals surface area contributed by atoms with E-state index < -0.39 is 17.5 Å². The molecule has 17 heavy (non-hydrogen) atoms. The maximum atomic E-state index is 12.4. The van der Waals surface area contributed by atoms with E-state index in [1.807, 2.05) is 0 Å². The van der Waals surface area contributed by atoms with Crippen LogP contribution in [0.4, 0.5) is 18.9 Å². The second-order valence-electron chi connectivity index (χ2n) is 3.19. The Bertz CT molecular complexity index is 407. The normalized spacial score (nSPS) is 13.2. The monoisotopic (exact) mass is 246 g/mol. The molecule has 0 aliphatic carbocycles. The summed E-state index contributed by atoms with van der Waals surface area (Å²) in [5.74, 6) is 0. The van der Waals surface area contributed by atoms with E-state index in [-0.39, 0.29) is 12.2 Å². The van der Waals surface area contributed by atoms with Crippen LogP contribution in [0, 0.1) is 10.1 Å². The summed E-state index contributed by atoms with van der Waals surface area (Å²) in [6.45, 7) is 0.00509. The Hall–Kier alpha value is -1.92. The van der Waals surface area contributed by atoms with Crippen LogP contribution in [0.3, 0.4) is 0 Å². The lowest BCUT2D eigenvalue weighted by Crippen LogP contribution is -2.13. The first-order valence-electron chi connectivity index (χ1n) is 4.66. The smallest absolute Gasteiger partial charge is 0.274 e.